The van der Waals surface area contributed by atoms with Crippen molar-refractivity contribution in [3.05, 3.63) is 65.7 Å². The van der Waals surface area contributed by atoms with Crippen molar-refractivity contribution in [3.8, 4) is 0 Å². The van der Waals surface area contributed by atoms with E-state index in [0.29, 0.717) is 5.56 Å². The molecule has 0 aliphatic carbocycles. The average Bonchev–Trinajstić information content (AvgIpc) is 3.01. The highest BCUT2D eigenvalue weighted by molar-refractivity contribution is 6.00. The van der Waals surface area contributed by atoms with Gasteiger partial charge in [-0.3, -0.25) is 14.4 Å². The maximum Gasteiger partial charge on any atom is 0.326 e. The van der Waals surface area contributed by atoms with Gasteiger partial charge in [-0.05, 0) is 44.0 Å². The van der Waals surface area contributed by atoms with Crippen LogP contribution in [0.3, 0.4) is 0 Å². The third-order valence-electron chi connectivity index (χ3n) is 4.53. The molecule has 6 heteroatoms. The number of nitrogens with one attached hydrogen (secondary N) is 1. The molecule has 2 aromatic carbocycles. The molecule has 2 amide bonds. The van der Waals surface area contributed by atoms with Crippen LogP contribution in [0.2, 0.25) is 0 Å². The summed E-state index contributed by atoms with van der Waals surface area (Å²) in [5.74, 6) is -1.29. The first-order valence-electron chi connectivity index (χ1n) is 8.91. The summed E-state index contributed by atoms with van der Waals surface area (Å²) < 4.78 is 5.23. The minimum Gasteiger partial charge on any atom is -0.451 e. The number of nitrogens with zero attached hydrogens (tertiary/aromatic N) is 1. The smallest absolute Gasteiger partial charge is 0.326 e. The van der Waals surface area contributed by atoms with Crippen molar-refractivity contribution < 1.29 is 19.1 Å². The highest BCUT2D eigenvalue weighted by Crippen LogP contribution is 2.32. The van der Waals surface area contributed by atoms with E-state index in [2.05, 4.69) is 5.32 Å². The summed E-state index contributed by atoms with van der Waals surface area (Å²) >= 11 is 0. The summed E-state index contributed by atoms with van der Waals surface area (Å²) in [6, 6.07) is 16.3. The number of para-hydroxylation sites is 1. The van der Waals surface area contributed by atoms with Crippen molar-refractivity contribution in [1.29, 1.82) is 0 Å². The van der Waals surface area contributed by atoms with Crippen LogP contribution in [0.1, 0.15) is 29.8 Å². The predicted octanol–water partition coefficient (Wildman–Crippen LogP) is 2.33. The number of ether oxygens (including phenoxy) is 1. The number of hydrogen-bond acceptors (Lipinski definition) is 4. The minimum atomic E-state index is -0.931. The molecule has 0 fully saturated rings. The second kappa shape index (κ2) is 8.03. The first-order chi connectivity index (χ1) is 13.0. The van der Waals surface area contributed by atoms with Gasteiger partial charge in [-0.1, -0.05) is 36.4 Å². The van der Waals surface area contributed by atoms with Gasteiger partial charge in [0.25, 0.3) is 11.8 Å². The zero-order valence-electron chi connectivity index (χ0n) is 15.3. The number of benzene rings is 2. The second-order valence-electron chi connectivity index (χ2n) is 6.57. The van der Waals surface area contributed by atoms with Gasteiger partial charge < -0.3 is 15.0 Å². The largest absolute Gasteiger partial charge is 0.451 e. The molecule has 0 saturated heterocycles. The Labute approximate surface area is 158 Å². The van der Waals surface area contributed by atoms with E-state index in [1.54, 1.807) is 42.2 Å². The molecule has 3 rings (SSSR count). The van der Waals surface area contributed by atoms with E-state index < -0.39 is 12.1 Å². The highest BCUT2D eigenvalue weighted by atomic mass is 16.5. The summed E-state index contributed by atoms with van der Waals surface area (Å²) in [5, 5.41) is 2.50. The Morgan fingerprint density at radius 2 is 1.78 bits per heavy atom. The number of hydrogen-bond donors (Lipinski definition) is 1. The molecule has 2 aromatic rings. The number of fused-ring (bicyclic) bond motifs is 1. The molecular weight excluding hydrogens is 344 g/mol. The molecule has 1 heterocycles. The van der Waals surface area contributed by atoms with E-state index in [4.69, 9.17) is 4.74 Å². The molecule has 140 valence electrons. The number of carbonyl (C=O) groups excluding carboxylic acids is 3. The van der Waals surface area contributed by atoms with Crippen LogP contribution in [-0.4, -0.2) is 36.5 Å². The number of esters is 1. The van der Waals surface area contributed by atoms with Crippen molar-refractivity contribution in [2.24, 2.45) is 0 Å². The summed E-state index contributed by atoms with van der Waals surface area (Å²) in [5.41, 5.74) is 2.42. The standard InChI is InChI=1S/C21H22N2O4/c1-14-12-17-10-6-7-11-18(17)23(14)21(26)15(2)27-19(24)13-22-20(25)16-8-4-3-5-9-16/h3-11,14-15H,12-13H2,1-2H3,(H,22,25)/t14-,15-/m0/s1. The Balaban J connectivity index is 1.55. The fourth-order valence-electron chi connectivity index (χ4n) is 3.23. The first kappa shape index (κ1) is 18.6. The first-order valence-corrected chi connectivity index (χ1v) is 8.91. The molecule has 0 spiro atoms. The van der Waals surface area contributed by atoms with Gasteiger partial charge in [-0.25, -0.2) is 0 Å². The van der Waals surface area contributed by atoms with Gasteiger partial charge in [-0.15, -0.1) is 0 Å². The van der Waals surface area contributed by atoms with Gasteiger partial charge >= 0.3 is 5.97 Å². The normalized spacial score (nSPS) is 16.4. The van der Waals surface area contributed by atoms with Gasteiger partial charge in [0.2, 0.25) is 0 Å². The molecular formula is C21H22N2O4. The summed E-state index contributed by atoms with van der Waals surface area (Å²) in [4.78, 5) is 38.4. The summed E-state index contributed by atoms with van der Waals surface area (Å²) in [7, 11) is 0. The fourth-order valence-corrected chi connectivity index (χ4v) is 3.23. The molecule has 0 bridgehead atoms. The molecule has 1 N–H and O–H groups in total. The lowest BCUT2D eigenvalue weighted by Gasteiger charge is -2.25. The maximum atomic E-state index is 12.8. The number of carbonyl (C=O) groups is 3. The van der Waals surface area contributed by atoms with Crippen LogP contribution in [0.4, 0.5) is 5.69 Å². The van der Waals surface area contributed by atoms with Gasteiger partial charge in [-0.2, -0.15) is 0 Å². The number of amides is 2. The molecule has 0 saturated carbocycles. The maximum absolute atomic E-state index is 12.8. The van der Waals surface area contributed by atoms with Gasteiger partial charge in [0.1, 0.15) is 6.54 Å². The average molecular weight is 366 g/mol. The summed E-state index contributed by atoms with van der Waals surface area (Å²) in [6.45, 7) is 3.22. The third-order valence-corrected chi connectivity index (χ3v) is 4.53. The zero-order valence-corrected chi connectivity index (χ0v) is 15.3. The van der Waals surface area contributed by atoms with Crippen LogP contribution in [0.5, 0.6) is 0 Å². The Morgan fingerprint density at radius 1 is 1.11 bits per heavy atom. The monoisotopic (exact) mass is 366 g/mol. The van der Waals surface area contributed by atoms with E-state index >= 15 is 0 Å². The van der Waals surface area contributed by atoms with E-state index in [1.807, 2.05) is 31.2 Å². The molecule has 1 aliphatic heterocycles. The second-order valence-corrected chi connectivity index (χ2v) is 6.57. The van der Waals surface area contributed by atoms with Crippen LogP contribution >= 0.6 is 0 Å². The van der Waals surface area contributed by atoms with E-state index in [9.17, 15) is 14.4 Å². The quantitative estimate of drug-likeness (QED) is 0.824. The lowest BCUT2D eigenvalue weighted by molar-refractivity contribution is -0.152. The topological polar surface area (TPSA) is 75.7 Å². The lowest BCUT2D eigenvalue weighted by Crippen LogP contribution is -2.44. The Bertz CT molecular complexity index is 850. The third kappa shape index (κ3) is 4.16. The van der Waals surface area contributed by atoms with Crippen LogP contribution in [0.25, 0.3) is 0 Å². The van der Waals surface area contributed by atoms with Crippen molar-refractivity contribution in [2.75, 3.05) is 11.4 Å². The van der Waals surface area contributed by atoms with Gasteiger partial charge in [0.15, 0.2) is 6.10 Å². The van der Waals surface area contributed by atoms with Gasteiger partial charge in [0.05, 0.1) is 0 Å². The Kier molecular flexibility index (Phi) is 5.54. The van der Waals surface area contributed by atoms with Crippen molar-refractivity contribution in [2.45, 2.75) is 32.4 Å². The van der Waals surface area contributed by atoms with Crippen LogP contribution < -0.4 is 10.2 Å². The van der Waals surface area contributed by atoms with E-state index in [1.165, 1.54) is 0 Å². The molecule has 27 heavy (non-hydrogen) atoms. The highest BCUT2D eigenvalue weighted by Gasteiger charge is 2.34. The zero-order chi connectivity index (χ0) is 19.4. The molecule has 0 unspecified atom stereocenters. The summed E-state index contributed by atoms with van der Waals surface area (Å²) in [6.07, 6.45) is -0.157. The van der Waals surface area contributed by atoms with Gasteiger partial charge in [0, 0.05) is 17.3 Å². The van der Waals surface area contributed by atoms with Crippen LogP contribution in [-0.2, 0) is 20.7 Å². The van der Waals surface area contributed by atoms with E-state index in [-0.39, 0.29) is 24.4 Å². The molecule has 1 aliphatic rings. The molecule has 0 radical (unpaired) electrons. The molecule has 0 aromatic heterocycles. The lowest BCUT2D eigenvalue weighted by atomic mass is 10.1. The van der Waals surface area contributed by atoms with E-state index in [0.717, 1.165) is 17.7 Å². The van der Waals surface area contributed by atoms with Crippen LogP contribution in [0, 0.1) is 0 Å². The Morgan fingerprint density at radius 3 is 2.52 bits per heavy atom. The fraction of sp³-hybridized carbons (Fsp3) is 0.286. The Hall–Kier alpha value is -3.15. The van der Waals surface area contributed by atoms with Crippen molar-refractivity contribution in [3.63, 3.8) is 0 Å². The van der Waals surface area contributed by atoms with Crippen molar-refractivity contribution >= 4 is 23.5 Å². The minimum absolute atomic E-state index is 0.00818. The number of anilines is 1. The SMILES string of the molecule is C[C@H](OC(=O)CNC(=O)c1ccccc1)C(=O)N1c2ccccc2C[C@@H]1C. The van der Waals surface area contributed by atoms with Crippen molar-refractivity contribution in [1.82, 2.24) is 5.32 Å². The predicted molar refractivity (Wildman–Crippen MR) is 101 cm³/mol. The molecule has 6 nitrogen and oxygen atoms in total. The number of rotatable bonds is 5. The van der Waals surface area contributed by atoms with Crippen LogP contribution in [0.15, 0.2) is 54.6 Å². The molecule has 2 atom stereocenters.